The first-order chi connectivity index (χ1) is 11.2. The van der Waals surface area contributed by atoms with Crippen LogP contribution in [-0.4, -0.2) is 17.6 Å². The van der Waals surface area contributed by atoms with Gasteiger partial charge in [-0.3, -0.25) is 0 Å². The second-order valence-electron chi connectivity index (χ2n) is 5.08. The van der Waals surface area contributed by atoms with Crippen LogP contribution in [0.1, 0.15) is 15.9 Å². The van der Waals surface area contributed by atoms with Gasteiger partial charge in [0.25, 0.3) is 0 Å². The lowest BCUT2D eigenvalue weighted by molar-refractivity contribution is 0.0556. The third-order valence-corrected chi connectivity index (χ3v) is 3.66. The predicted molar refractivity (Wildman–Crippen MR) is 87.8 cm³/mol. The predicted octanol–water partition coefficient (Wildman–Crippen LogP) is 3.89. The van der Waals surface area contributed by atoms with Crippen LogP contribution in [0.2, 0.25) is 0 Å². The Kier molecular flexibility index (Phi) is 4.03. The quantitative estimate of drug-likeness (QED) is 0.688. The second-order valence-corrected chi connectivity index (χ2v) is 5.08. The van der Waals surface area contributed by atoms with E-state index in [2.05, 4.69) is 0 Å². The standard InChI is InChI=1S/C19H14N2O2/c1-13-17(19(22)23-12-11-20)15-9-5-6-10-16(15)21-18(13)14-7-3-2-4-8-14/h2-10H,12H2,1H3. The maximum atomic E-state index is 12.4. The lowest BCUT2D eigenvalue weighted by Gasteiger charge is -2.13. The lowest BCUT2D eigenvalue weighted by Crippen LogP contribution is -2.10. The van der Waals surface area contributed by atoms with Crippen LogP contribution in [-0.2, 0) is 4.74 Å². The third kappa shape index (κ3) is 2.77. The molecule has 3 aromatic rings. The highest BCUT2D eigenvalue weighted by Crippen LogP contribution is 2.29. The van der Waals surface area contributed by atoms with Crippen molar-refractivity contribution in [3.8, 4) is 17.3 Å². The van der Waals surface area contributed by atoms with Gasteiger partial charge in [-0.1, -0.05) is 48.5 Å². The van der Waals surface area contributed by atoms with Gasteiger partial charge < -0.3 is 4.74 Å². The average molecular weight is 302 g/mol. The Balaban J connectivity index is 2.26. The van der Waals surface area contributed by atoms with Crippen LogP contribution in [0.4, 0.5) is 0 Å². The summed E-state index contributed by atoms with van der Waals surface area (Å²) >= 11 is 0. The van der Waals surface area contributed by atoms with Crippen LogP contribution >= 0.6 is 0 Å². The normalized spacial score (nSPS) is 10.3. The summed E-state index contributed by atoms with van der Waals surface area (Å²) < 4.78 is 5.03. The Labute approximate surface area is 134 Å². The molecule has 0 aliphatic heterocycles. The van der Waals surface area contributed by atoms with Crippen molar-refractivity contribution in [2.24, 2.45) is 0 Å². The third-order valence-electron chi connectivity index (χ3n) is 3.66. The number of carbonyl (C=O) groups excluding carboxylic acids is 1. The smallest absolute Gasteiger partial charge is 0.340 e. The number of pyridine rings is 1. The highest BCUT2D eigenvalue weighted by Gasteiger charge is 2.19. The molecule has 0 radical (unpaired) electrons. The number of hydrogen-bond donors (Lipinski definition) is 0. The Morgan fingerprint density at radius 3 is 2.57 bits per heavy atom. The van der Waals surface area contributed by atoms with Gasteiger partial charge in [0.2, 0.25) is 0 Å². The number of fused-ring (bicyclic) bond motifs is 1. The summed E-state index contributed by atoms with van der Waals surface area (Å²) in [6.07, 6.45) is 0. The number of aromatic nitrogens is 1. The number of rotatable bonds is 3. The molecule has 0 saturated carbocycles. The van der Waals surface area contributed by atoms with Gasteiger partial charge in [-0.05, 0) is 18.6 Å². The molecule has 0 atom stereocenters. The topological polar surface area (TPSA) is 63.0 Å². The van der Waals surface area contributed by atoms with Gasteiger partial charge in [0, 0.05) is 10.9 Å². The highest BCUT2D eigenvalue weighted by atomic mass is 16.5. The first-order valence-electron chi connectivity index (χ1n) is 7.21. The summed E-state index contributed by atoms with van der Waals surface area (Å²) in [7, 11) is 0. The van der Waals surface area contributed by atoms with E-state index in [-0.39, 0.29) is 6.61 Å². The van der Waals surface area contributed by atoms with E-state index in [4.69, 9.17) is 15.0 Å². The largest absolute Gasteiger partial charge is 0.447 e. The van der Waals surface area contributed by atoms with Crippen molar-refractivity contribution in [1.29, 1.82) is 5.26 Å². The summed E-state index contributed by atoms with van der Waals surface area (Å²) in [5, 5.41) is 9.37. The molecule has 3 rings (SSSR count). The molecule has 0 bridgehead atoms. The summed E-state index contributed by atoms with van der Waals surface area (Å²) in [6.45, 7) is 1.58. The van der Waals surface area contributed by atoms with Crippen LogP contribution in [0, 0.1) is 18.3 Å². The number of nitrogens with zero attached hydrogens (tertiary/aromatic N) is 2. The molecule has 0 spiro atoms. The molecular formula is C19H14N2O2. The van der Waals surface area contributed by atoms with E-state index in [0.717, 1.165) is 27.7 Å². The Morgan fingerprint density at radius 2 is 1.83 bits per heavy atom. The van der Waals surface area contributed by atoms with Crippen molar-refractivity contribution in [3.05, 3.63) is 65.7 Å². The average Bonchev–Trinajstić information content (AvgIpc) is 2.60. The van der Waals surface area contributed by atoms with Gasteiger partial charge in [0.15, 0.2) is 6.61 Å². The van der Waals surface area contributed by atoms with E-state index in [1.807, 2.05) is 67.6 Å². The van der Waals surface area contributed by atoms with E-state index < -0.39 is 5.97 Å². The van der Waals surface area contributed by atoms with E-state index in [1.165, 1.54) is 0 Å². The fourth-order valence-electron chi connectivity index (χ4n) is 2.62. The molecule has 1 heterocycles. The zero-order valence-corrected chi connectivity index (χ0v) is 12.6. The fourth-order valence-corrected chi connectivity index (χ4v) is 2.62. The van der Waals surface area contributed by atoms with Crippen molar-refractivity contribution in [2.75, 3.05) is 6.61 Å². The molecule has 1 aromatic heterocycles. The van der Waals surface area contributed by atoms with Crippen molar-refractivity contribution >= 4 is 16.9 Å². The fraction of sp³-hybridized carbons (Fsp3) is 0.105. The number of esters is 1. The minimum absolute atomic E-state index is 0.268. The molecule has 4 heteroatoms. The Morgan fingerprint density at radius 1 is 1.13 bits per heavy atom. The van der Waals surface area contributed by atoms with Crippen LogP contribution in [0.15, 0.2) is 54.6 Å². The van der Waals surface area contributed by atoms with Gasteiger partial charge in [-0.2, -0.15) is 5.26 Å². The van der Waals surface area contributed by atoms with Crippen LogP contribution in [0.3, 0.4) is 0 Å². The molecule has 0 unspecified atom stereocenters. The molecule has 0 aliphatic carbocycles. The molecular weight excluding hydrogens is 288 g/mol. The van der Waals surface area contributed by atoms with Crippen molar-refractivity contribution in [2.45, 2.75) is 6.92 Å². The number of carbonyl (C=O) groups is 1. The molecule has 0 saturated heterocycles. The SMILES string of the molecule is Cc1c(-c2ccccc2)nc2ccccc2c1C(=O)OCC#N. The van der Waals surface area contributed by atoms with E-state index >= 15 is 0 Å². The molecule has 0 N–H and O–H groups in total. The molecule has 112 valence electrons. The number of hydrogen-bond acceptors (Lipinski definition) is 4. The molecule has 0 aliphatic rings. The minimum Gasteiger partial charge on any atom is -0.447 e. The van der Waals surface area contributed by atoms with Gasteiger partial charge in [0.1, 0.15) is 6.07 Å². The summed E-state index contributed by atoms with van der Waals surface area (Å²) in [5.74, 6) is -0.500. The summed E-state index contributed by atoms with van der Waals surface area (Å²) in [5.41, 5.74) is 3.61. The second kappa shape index (κ2) is 6.29. The van der Waals surface area contributed by atoms with Crippen LogP contribution in [0.5, 0.6) is 0 Å². The van der Waals surface area contributed by atoms with E-state index in [9.17, 15) is 4.79 Å². The summed E-state index contributed by atoms with van der Waals surface area (Å²) in [6, 6.07) is 19.0. The first-order valence-corrected chi connectivity index (χ1v) is 7.21. The van der Waals surface area contributed by atoms with Crippen molar-refractivity contribution in [3.63, 3.8) is 0 Å². The maximum absolute atomic E-state index is 12.4. The monoisotopic (exact) mass is 302 g/mol. The molecule has 0 fully saturated rings. The zero-order valence-electron chi connectivity index (χ0n) is 12.6. The van der Waals surface area contributed by atoms with E-state index in [1.54, 1.807) is 0 Å². The van der Waals surface area contributed by atoms with E-state index in [0.29, 0.717) is 5.56 Å². The summed E-state index contributed by atoms with van der Waals surface area (Å²) in [4.78, 5) is 17.1. The zero-order chi connectivity index (χ0) is 16.2. The minimum atomic E-state index is -0.500. The number of para-hydroxylation sites is 1. The number of benzene rings is 2. The Bertz CT molecular complexity index is 912. The molecule has 23 heavy (non-hydrogen) atoms. The van der Waals surface area contributed by atoms with Crippen molar-refractivity contribution in [1.82, 2.24) is 4.98 Å². The van der Waals surface area contributed by atoms with Gasteiger partial charge in [0.05, 0.1) is 16.8 Å². The molecule has 0 amide bonds. The highest BCUT2D eigenvalue weighted by molar-refractivity contribution is 6.06. The van der Waals surface area contributed by atoms with Gasteiger partial charge >= 0.3 is 5.97 Å². The Hall–Kier alpha value is -3.19. The van der Waals surface area contributed by atoms with Crippen molar-refractivity contribution < 1.29 is 9.53 Å². The molecule has 2 aromatic carbocycles. The first kappa shape index (κ1) is 14.7. The molecule has 4 nitrogen and oxygen atoms in total. The number of ether oxygens (including phenoxy) is 1. The van der Waals surface area contributed by atoms with Crippen LogP contribution < -0.4 is 0 Å². The lowest BCUT2D eigenvalue weighted by atomic mass is 9.98. The van der Waals surface area contributed by atoms with Crippen LogP contribution in [0.25, 0.3) is 22.2 Å². The van der Waals surface area contributed by atoms with Gasteiger partial charge in [-0.15, -0.1) is 0 Å². The van der Waals surface area contributed by atoms with Gasteiger partial charge in [-0.25, -0.2) is 9.78 Å². The number of nitriles is 1. The maximum Gasteiger partial charge on any atom is 0.340 e.